The van der Waals surface area contributed by atoms with Gasteiger partial charge in [-0.15, -0.1) is 0 Å². The number of nitrogens with zero attached hydrogens (tertiary/aromatic N) is 3. The van der Waals surface area contributed by atoms with Crippen molar-refractivity contribution in [2.45, 2.75) is 62.9 Å². The van der Waals surface area contributed by atoms with E-state index < -0.39 is 0 Å². The molecule has 2 aliphatic rings. The molecule has 43 heavy (non-hydrogen) atoms. The number of Topliss-reactive ketones (excluding diaryl/α,β-unsaturated/α-hetero) is 1. The van der Waals surface area contributed by atoms with Crippen LogP contribution in [0.25, 0.3) is 10.9 Å². The summed E-state index contributed by atoms with van der Waals surface area (Å²) in [4.78, 5) is 39.1. The summed E-state index contributed by atoms with van der Waals surface area (Å²) in [6, 6.07) is 28.3. The van der Waals surface area contributed by atoms with Gasteiger partial charge in [0.25, 0.3) is 0 Å². The Kier molecular flexibility index (Phi) is 8.68. The normalized spacial score (nSPS) is 23.8. The Hall–Kier alpha value is -4.26. The maximum atomic E-state index is 13.9. The third-order valence-corrected chi connectivity index (χ3v) is 9.27. The lowest BCUT2D eigenvalue weighted by atomic mass is 9.69. The van der Waals surface area contributed by atoms with E-state index in [2.05, 4.69) is 41.0 Å². The summed E-state index contributed by atoms with van der Waals surface area (Å²) < 4.78 is 0. The molecule has 7 nitrogen and oxygen atoms in total. The SMILES string of the molecule is CN(C)c1nc(N[C@H]2CC[C@@H](NC(=O)[C@@H]3C[C@@H](c4ccccc4)CC[C@H]3C(=O)c3ccccc3)CC2)nc2ccccc12. The van der Waals surface area contributed by atoms with Gasteiger partial charge in [-0.1, -0.05) is 72.8 Å². The van der Waals surface area contributed by atoms with Crippen molar-refractivity contribution in [3.05, 3.63) is 96.1 Å². The van der Waals surface area contributed by atoms with Gasteiger partial charge >= 0.3 is 0 Å². The molecule has 2 N–H and O–H groups in total. The van der Waals surface area contributed by atoms with Crippen LogP contribution >= 0.6 is 0 Å². The summed E-state index contributed by atoms with van der Waals surface area (Å²) in [5.74, 6) is 1.31. The van der Waals surface area contributed by atoms with Gasteiger partial charge in [0, 0.05) is 49.0 Å². The summed E-state index contributed by atoms with van der Waals surface area (Å²) >= 11 is 0. The van der Waals surface area contributed by atoms with E-state index in [0.717, 1.165) is 55.2 Å². The second-order valence-electron chi connectivity index (χ2n) is 12.3. The van der Waals surface area contributed by atoms with Gasteiger partial charge in [0.05, 0.1) is 5.52 Å². The minimum atomic E-state index is -0.335. The highest BCUT2D eigenvalue weighted by Crippen LogP contribution is 2.41. The average molecular weight is 576 g/mol. The van der Waals surface area contributed by atoms with E-state index in [-0.39, 0.29) is 41.5 Å². The monoisotopic (exact) mass is 575 g/mol. The number of hydrogen-bond acceptors (Lipinski definition) is 6. The number of carbonyl (C=O) groups is 2. The van der Waals surface area contributed by atoms with Crippen LogP contribution in [-0.4, -0.2) is 47.8 Å². The van der Waals surface area contributed by atoms with E-state index in [9.17, 15) is 9.59 Å². The summed E-state index contributed by atoms with van der Waals surface area (Å²) in [6.45, 7) is 0. The molecular formula is C36H41N5O2. The summed E-state index contributed by atoms with van der Waals surface area (Å²) in [5, 5.41) is 7.97. The quantitative estimate of drug-likeness (QED) is 0.230. The van der Waals surface area contributed by atoms with Gasteiger partial charge in [-0.2, -0.15) is 4.98 Å². The van der Waals surface area contributed by atoms with Crippen LogP contribution in [-0.2, 0) is 4.79 Å². The van der Waals surface area contributed by atoms with E-state index in [4.69, 9.17) is 9.97 Å². The molecule has 0 radical (unpaired) electrons. The lowest BCUT2D eigenvalue weighted by Crippen LogP contribution is -2.47. The number of ketones is 1. The predicted molar refractivity (Wildman–Crippen MR) is 172 cm³/mol. The highest BCUT2D eigenvalue weighted by atomic mass is 16.2. The van der Waals surface area contributed by atoms with Crippen LogP contribution in [0.3, 0.4) is 0 Å². The van der Waals surface area contributed by atoms with Gasteiger partial charge in [0.1, 0.15) is 5.82 Å². The van der Waals surface area contributed by atoms with Crippen LogP contribution < -0.4 is 15.5 Å². The van der Waals surface area contributed by atoms with Crippen LogP contribution in [0.1, 0.15) is 66.8 Å². The fraction of sp³-hybridized carbons (Fsp3) is 0.389. The summed E-state index contributed by atoms with van der Waals surface area (Å²) in [5.41, 5.74) is 2.87. The first-order chi connectivity index (χ1) is 21.0. The van der Waals surface area contributed by atoms with E-state index >= 15 is 0 Å². The molecule has 0 spiro atoms. The molecule has 222 valence electrons. The van der Waals surface area contributed by atoms with Crippen LogP contribution in [0.2, 0.25) is 0 Å². The number of benzene rings is 3. The molecule has 4 aromatic rings. The molecule has 2 saturated carbocycles. The van der Waals surface area contributed by atoms with Crippen molar-refractivity contribution in [3.63, 3.8) is 0 Å². The number of anilines is 2. The molecule has 1 heterocycles. The molecule has 1 aromatic heterocycles. The predicted octanol–water partition coefficient (Wildman–Crippen LogP) is 6.62. The number of amides is 1. The van der Waals surface area contributed by atoms with Crippen molar-refractivity contribution < 1.29 is 9.59 Å². The van der Waals surface area contributed by atoms with Crippen molar-refractivity contribution in [2.24, 2.45) is 11.8 Å². The second kappa shape index (κ2) is 12.9. The number of nitrogens with one attached hydrogen (secondary N) is 2. The lowest BCUT2D eigenvalue weighted by Gasteiger charge is -2.37. The fourth-order valence-corrected chi connectivity index (χ4v) is 6.96. The fourth-order valence-electron chi connectivity index (χ4n) is 6.96. The number of rotatable bonds is 8. The molecule has 7 heteroatoms. The molecular weight excluding hydrogens is 534 g/mol. The smallest absolute Gasteiger partial charge is 0.225 e. The largest absolute Gasteiger partial charge is 0.362 e. The van der Waals surface area contributed by atoms with Gasteiger partial charge in [0.15, 0.2) is 5.78 Å². The van der Waals surface area contributed by atoms with Crippen LogP contribution in [0.15, 0.2) is 84.9 Å². The Morgan fingerprint density at radius 3 is 2.09 bits per heavy atom. The van der Waals surface area contributed by atoms with E-state index in [1.54, 1.807) is 0 Å². The zero-order chi connectivity index (χ0) is 29.8. The topological polar surface area (TPSA) is 87.2 Å². The van der Waals surface area contributed by atoms with Crippen LogP contribution in [0.4, 0.5) is 11.8 Å². The molecule has 0 unspecified atom stereocenters. The number of fused-ring (bicyclic) bond motifs is 1. The van der Waals surface area contributed by atoms with Crippen molar-refractivity contribution >= 4 is 34.4 Å². The zero-order valence-electron chi connectivity index (χ0n) is 25.1. The third kappa shape index (κ3) is 6.56. The molecule has 0 bridgehead atoms. The molecule has 6 rings (SSSR count). The highest BCUT2D eigenvalue weighted by molar-refractivity contribution is 6.00. The van der Waals surface area contributed by atoms with Crippen molar-refractivity contribution in [1.29, 1.82) is 0 Å². The van der Waals surface area contributed by atoms with E-state index in [1.165, 1.54) is 5.56 Å². The highest BCUT2D eigenvalue weighted by Gasteiger charge is 2.40. The first-order valence-corrected chi connectivity index (χ1v) is 15.6. The lowest BCUT2D eigenvalue weighted by molar-refractivity contribution is -0.128. The van der Waals surface area contributed by atoms with Gasteiger partial charge in [-0.3, -0.25) is 9.59 Å². The molecule has 2 fully saturated rings. The van der Waals surface area contributed by atoms with E-state index in [0.29, 0.717) is 17.9 Å². The van der Waals surface area contributed by atoms with E-state index in [1.807, 2.05) is 73.6 Å². The Morgan fingerprint density at radius 2 is 1.37 bits per heavy atom. The number of para-hydroxylation sites is 1. The Bertz CT molecular complexity index is 1550. The maximum absolute atomic E-state index is 13.9. The second-order valence-corrected chi connectivity index (χ2v) is 12.3. The van der Waals surface area contributed by atoms with Crippen molar-refractivity contribution in [1.82, 2.24) is 15.3 Å². The first-order valence-electron chi connectivity index (χ1n) is 15.6. The van der Waals surface area contributed by atoms with Gasteiger partial charge in [-0.25, -0.2) is 4.98 Å². The Morgan fingerprint density at radius 1 is 0.721 bits per heavy atom. The molecule has 0 saturated heterocycles. The minimum Gasteiger partial charge on any atom is -0.362 e. The van der Waals surface area contributed by atoms with Crippen molar-refractivity contribution in [2.75, 3.05) is 24.3 Å². The van der Waals surface area contributed by atoms with Gasteiger partial charge in [-0.05, 0) is 68.6 Å². The van der Waals surface area contributed by atoms with Crippen molar-refractivity contribution in [3.8, 4) is 0 Å². The Balaban J connectivity index is 1.11. The van der Waals surface area contributed by atoms with Crippen LogP contribution in [0.5, 0.6) is 0 Å². The summed E-state index contributed by atoms with van der Waals surface area (Å²) in [7, 11) is 4.00. The average Bonchev–Trinajstić information content (AvgIpc) is 3.05. The number of aromatic nitrogens is 2. The summed E-state index contributed by atoms with van der Waals surface area (Å²) in [6.07, 6.45) is 5.93. The van der Waals surface area contributed by atoms with Crippen LogP contribution in [0, 0.1) is 11.8 Å². The molecule has 1 amide bonds. The molecule has 2 aliphatic carbocycles. The molecule has 0 aliphatic heterocycles. The standard InChI is InChI=1S/C36H41N5O2/c1-41(2)34-30-15-9-10-16-32(30)39-36(40-34)38-28-20-18-27(19-21-28)37-35(43)31-23-26(24-11-5-3-6-12-24)17-22-29(31)33(42)25-13-7-4-8-14-25/h3-16,26-29,31H,17-23H2,1-2H3,(H,37,43)(H,38,39,40)/t26-,27-,28+,29+,31+/m0/s1. The molecule has 3 atom stereocenters. The Labute approximate surface area is 254 Å². The number of hydrogen-bond donors (Lipinski definition) is 2. The third-order valence-electron chi connectivity index (χ3n) is 9.27. The zero-order valence-corrected chi connectivity index (χ0v) is 25.1. The first kappa shape index (κ1) is 28.8. The maximum Gasteiger partial charge on any atom is 0.225 e. The number of carbonyl (C=O) groups excluding carboxylic acids is 2. The molecule has 3 aromatic carbocycles. The van der Waals surface area contributed by atoms with Gasteiger partial charge in [0.2, 0.25) is 11.9 Å². The minimum absolute atomic E-state index is 0.0276. The van der Waals surface area contributed by atoms with Gasteiger partial charge < -0.3 is 15.5 Å².